The Kier molecular flexibility index (Phi) is 5.05. The van der Waals surface area contributed by atoms with Gasteiger partial charge in [-0.05, 0) is 61.4 Å². The second-order valence-corrected chi connectivity index (χ2v) is 8.52. The zero-order chi connectivity index (χ0) is 20.5. The summed E-state index contributed by atoms with van der Waals surface area (Å²) in [5, 5.41) is 0.999. The van der Waals surface area contributed by atoms with E-state index < -0.39 is 0 Å². The predicted molar refractivity (Wildman–Crippen MR) is 124 cm³/mol. The number of aromatic nitrogens is 2. The van der Waals surface area contributed by atoms with Crippen molar-refractivity contribution in [3.05, 3.63) is 89.0 Å². The molecule has 2 heterocycles. The number of nitrogens with zero attached hydrogens (tertiary/aromatic N) is 3. The average molecular weight is 414 g/mol. The molecule has 150 valence electrons. The second kappa shape index (κ2) is 8.00. The zero-order valence-electron chi connectivity index (χ0n) is 17.1. The van der Waals surface area contributed by atoms with Crippen molar-refractivity contribution < 1.29 is 4.74 Å². The fourth-order valence-corrected chi connectivity index (χ4v) is 4.59. The molecule has 30 heavy (non-hydrogen) atoms. The van der Waals surface area contributed by atoms with Crippen LogP contribution in [-0.2, 0) is 10.5 Å². The molecule has 0 atom stereocenters. The summed E-state index contributed by atoms with van der Waals surface area (Å²) in [7, 11) is 0. The smallest absolute Gasteiger partial charge is 0.216 e. The number of rotatable bonds is 5. The Morgan fingerprint density at radius 3 is 2.43 bits per heavy atom. The highest BCUT2D eigenvalue weighted by atomic mass is 32.2. The first kappa shape index (κ1) is 18.9. The SMILES string of the molecule is Cc1ccc(CSc2nc3ccc(C)cc3n2-c2ccc(C3=NCCO3)cc2)cc1. The molecule has 5 heteroatoms. The van der Waals surface area contributed by atoms with Gasteiger partial charge in [-0.25, -0.2) is 9.98 Å². The first-order valence-electron chi connectivity index (χ1n) is 10.1. The molecule has 0 bridgehead atoms. The van der Waals surface area contributed by atoms with Crippen molar-refractivity contribution in [2.75, 3.05) is 13.2 Å². The number of aryl methyl sites for hydroxylation is 2. The molecule has 1 aromatic heterocycles. The number of thioether (sulfide) groups is 1. The number of hydrogen-bond donors (Lipinski definition) is 0. The van der Waals surface area contributed by atoms with Gasteiger partial charge in [-0.15, -0.1) is 0 Å². The Bertz CT molecular complexity index is 1220. The normalized spacial score (nSPS) is 13.5. The third kappa shape index (κ3) is 3.73. The van der Waals surface area contributed by atoms with Crippen LogP contribution in [0.25, 0.3) is 16.7 Å². The Hall–Kier alpha value is -3.05. The van der Waals surface area contributed by atoms with E-state index in [2.05, 4.69) is 90.1 Å². The lowest BCUT2D eigenvalue weighted by Crippen LogP contribution is -2.02. The summed E-state index contributed by atoms with van der Waals surface area (Å²) in [6.45, 7) is 5.64. The summed E-state index contributed by atoms with van der Waals surface area (Å²) >= 11 is 1.77. The van der Waals surface area contributed by atoms with Crippen LogP contribution < -0.4 is 0 Å². The van der Waals surface area contributed by atoms with Crippen LogP contribution in [0, 0.1) is 13.8 Å². The molecule has 1 aliphatic heterocycles. The highest BCUT2D eigenvalue weighted by Gasteiger charge is 2.15. The molecule has 0 aliphatic carbocycles. The first-order valence-corrected chi connectivity index (χ1v) is 11.1. The molecule has 0 radical (unpaired) electrons. The minimum atomic E-state index is 0.669. The maximum absolute atomic E-state index is 5.60. The van der Waals surface area contributed by atoms with Crippen LogP contribution in [0.4, 0.5) is 0 Å². The van der Waals surface area contributed by atoms with E-state index in [1.54, 1.807) is 11.8 Å². The highest BCUT2D eigenvalue weighted by Crippen LogP contribution is 2.31. The largest absolute Gasteiger partial charge is 0.476 e. The lowest BCUT2D eigenvalue weighted by atomic mass is 10.2. The summed E-state index contributed by atoms with van der Waals surface area (Å²) in [5.41, 5.74) is 8.06. The Balaban J connectivity index is 1.52. The molecule has 0 spiro atoms. The highest BCUT2D eigenvalue weighted by molar-refractivity contribution is 7.98. The van der Waals surface area contributed by atoms with Gasteiger partial charge >= 0.3 is 0 Å². The van der Waals surface area contributed by atoms with Crippen molar-refractivity contribution in [2.45, 2.75) is 24.8 Å². The van der Waals surface area contributed by atoms with Gasteiger partial charge in [0.2, 0.25) is 5.90 Å². The average Bonchev–Trinajstić information content (AvgIpc) is 3.41. The second-order valence-electron chi connectivity index (χ2n) is 7.58. The standard InChI is InChI=1S/C25H23N3OS/c1-17-3-6-19(7-4-17)16-30-25-27-22-12-5-18(2)15-23(22)28(25)21-10-8-20(9-11-21)24-26-13-14-29-24/h3-12,15H,13-14,16H2,1-2H3. The molecule has 0 amide bonds. The topological polar surface area (TPSA) is 39.4 Å². The molecule has 5 rings (SSSR count). The van der Waals surface area contributed by atoms with Gasteiger partial charge in [0.15, 0.2) is 5.16 Å². The van der Waals surface area contributed by atoms with E-state index >= 15 is 0 Å². The van der Waals surface area contributed by atoms with Gasteiger partial charge in [0.05, 0.1) is 17.6 Å². The molecular formula is C25H23N3OS. The van der Waals surface area contributed by atoms with Crippen molar-refractivity contribution >= 4 is 28.7 Å². The summed E-state index contributed by atoms with van der Waals surface area (Å²) in [4.78, 5) is 9.36. The molecule has 0 unspecified atom stereocenters. The summed E-state index contributed by atoms with van der Waals surface area (Å²) in [6.07, 6.45) is 0. The van der Waals surface area contributed by atoms with E-state index in [-0.39, 0.29) is 0 Å². The van der Waals surface area contributed by atoms with Crippen molar-refractivity contribution in [1.82, 2.24) is 9.55 Å². The number of hydrogen-bond acceptors (Lipinski definition) is 4. The first-order chi connectivity index (χ1) is 14.7. The summed E-state index contributed by atoms with van der Waals surface area (Å²) in [5.74, 6) is 1.62. The monoisotopic (exact) mass is 413 g/mol. The van der Waals surface area contributed by atoms with E-state index in [4.69, 9.17) is 9.72 Å². The minimum absolute atomic E-state index is 0.669. The van der Waals surface area contributed by atoms with Gasteiger partial charge in [0.25, 0.3) is 0 Å². The fourth-order valence-electron chi connectivity index (χ4n) is 3.60. The van der Waals surface area contributed by atoms with E-state index in [0.717, 1.165) is 45.6 Å². The predicted octanol–water partition coefficient (Wildman–Crippen LogP) is 5.71. The Labute approximate surface area is 180 Å². The van der Waals surface area contributed by atoms with E-state index in [1.807, 2.05) is 0 Å². The van der Waals surface area contributed by atoms with Gasteiger partial charge in [0, 0.05) is 17.0 Å². The number of imidazole rings is 1. The lowest BCUT2D eigenvalue weighted by molar-refractivity contribution is 0.348. The van der Waals surface area contributed by atoms with Gasteiger partial charge in [-0.3, -0.25) is 4.57 Å². The minimum Gasteiger partial charge on any atom is -0.476 e. The maximum Gasteiger partial charge on any atom is 0.216 e. The Morgan fingerprint density at radius 1 is 0.933 bits per heavy atom. The van der Waals surface area contributed by atoms with Crippen molar-refractivity contribution in [2.24, 2.45) is 4.99 Å². The molecule has 4 nitrogen and oxygen atoms in total. The van der Waals surface area contributed by atoms with Crippen LogP contribution >= 0.6 is 11.8 Å². The van der Waals surface area contributed by atoms with Crippen LogP contribution in [0.3, 0.4) is 0 Å². The molecular weight excluding hydrogens is 390 g/mol. The molecule has 3 aromatic carbocycles. The van der Waals surface area contributed by atoms with Gasteiger partial charge < -0.3 is 4.74 Å². The van der Waals surface area contributed by atoms with E-state index in [0.29, 0.717) is 6.61 Å². The summed E-state index contributed by atoms with van der Waals surface area (Å²) in [6, 6.07) is 23.5. The number of aliphatic imine (C=N–C) groups is 1. The lowest BCUT2D eigenvalue weighted by Gasteiger charge is -2.11. The van der Waals surface area contributed by atoms with Gasteiger partial charge in [0.1, 0.15) is 6.61 Å². The van der Waals surface area contributed by atoms with E-state index in [9.17, 15) is 0 Å². The van der Waals surface area contributed by atoms with E-state index in [1.165, 1.54) is 16.7 Å². The molecule has 4 aromatic rings. The van der Waals surface area contributed by atoms with Crippen LogP contribution in [0.5, 0.6) is 0 Å². The molecule has 0 N–H and O–H groups in total. The molecule has 0 saturated heterocycles. The fraction of sp³-hybridized carbons (Fsp3) is 0.200. The summed E-state index contributed by atoms with van der Waals surface area (Å²) < 4.78 is 7.85. The zero-order valence-corrected chi connectivity index (χ0v) is 17.9. The molecule has 0 fully saturated rings. The molecule has 1 aliphatic rings. The number of benzene rings is 3. The number of ether oxygens (including phenoxy) is 1. The third-order valence-corrected chi connectivity index (χ3v) is 6.24. The van der Waals surface area contributed by atoms with Crippen LogP contribution in [0.15, 0.2) is 76.9 Å². The van der Waals surface area contributed by atoms with Crippen molar-refractivity contribution in [3.63, 3.8) is 0 Å². The maximum atomic E-state index is 5.60. The van der Waals surface area contributed by atoms with Crippen LogP contribution in [0.1, 0.15) is 22.3 Å². The molecule has 0 saturated carbocycles. The quantitative estimate of drug-likeness (QED) is 0.393. The van der Waals surface area contributed by atoms with Crippen LogP contribution in [-0.4, -0.2) is 28.6 Å². The number of fused-ring (bicyclic) bond motifs is 1. The third-order valence-electron chi connectivity index (χ3n) is 5.23. The van der Waals surface area contributed by atoms with Crippen molar-refractivity contribution in [1.29, 1.82) is 0 Å². The van der Waals surface area contributed by atoms with Gasteiger partial charge in [-0.2, -0.15) is 0 Å². The van der Waals surface area contributed by atoms with Crippen LogP contribution in [0.2, 0.25) is 0 Å². The van der Waals surface area contributed by atoms with Gasteiger partial charge in [-0.1, -0.05) is 47.7 Å². The van der Waals surface area contributed by atoms with Crippen molar-refractivity contribution in [3.8, 4) is 5.69 Å². The Morgan fingerprint density at radius 2 is 1.70 bits per heavy atom.